The molecule has 0 unspecified atom stereocenters. The fourth-order valence-electron chi connectivity index (χ4n) is 0.910. The monoisotopic (exact) mass is 184 g/mol. The molecule has 13 heavy (non-hydrogen) atoms. The molecule has 0 heterocycles. The van der Waals surface area contributed by atoms with Crippen LogP contribution in [-0.4, -0.2) is 16.7 Å². The first-order chi connectivity index (χ1) is 5.90. The maximum atomic E-state index is 11.2. The highest BCUT2D eigenvalue weighted by Gasteiger charge is 2.19. The van der Waals surface area contributed by atoms with Gasteiger partial charge in [0, 0.05) is 12.0 Å². The van der Waals surface area contributed by atoms with Crippen molar-refractivity contribution in [1.29, 1.82) is 0 Å². The first-order valence-corrected chi connectivity index (χ1v) is 4.10. The van der Waals surface area contributed by atoms with E-state index in [-0.39, 0.29) is 6.42 Å². The fourth-order valence-corrected chi connectivity index (χ4v) is 0.910. The van der Waals surface area contributed by atoms with Crippen molar-refractivity contribution in [2.24, 2.45) is 0 Å². The molecule has 0 saturated heterocycles. The largest absolute Gasteiger partial charge is 0.432 e. The van der Waals surface area contributed by atoms with E-state index >= 15 is 0 Å². The van der Waals surface area contributed by atoms with Crippen molar-refractivity contribution in [2.45, 2.75) is 32.8 Å². The first kappa shape index (κ1) is 11.9. The van der Waals surface area contributed by atoms with E-state index in [1.807, 2.05) is 0 Å². The van der Waals surface area contributed by atoms with Crippen molar-refractivity contribution in [3.05, 3.63) is 24.5 Å². The van der Waals surface area contributed by atoms with Crippen molar-refractivity contribution in [3.8, 4) is 0 Å². The summed E-state index contributed by atoms with van der Waals surface area (Å²) in [4.78, 5) is 11.2. The number of allylic oxidation sites excluding steroid dienone is 1. The predicted molar refractivity (Wildman–Crippen MR) is 51.0 cm³/mol. The zero-order chi connectivity index (χ0) is 10.5. The zero-order valence-electron chi connectivity index (χ0n) is 8.33. The molecule has 0 saturated carbocycles. The van der Waals surface area contributed by atoms with Crippen LogP contribution in [0.4, 0.5) is 0 Å². The van der Waals surface area contributed by atoms with Crippen LogP contribution in [-0.2, 0) is 9.53 Å². The summed E-state index contributed by atoms with van der Waals surface area (Å²) < 4.78 is 4.59. The zero-order valence-corrected chi connectivity index (χ0v) is 8.33. The van der Waals surface area contributed by atoms with Gasteiger partial charge < -0.3 is 9.84 Å². The Hall–Kier alpha value is -1.09. The Balaban J connectivity index is 4.37. The minimum absolute atomic E-state index is 0.274. The number of hydrogen-bond acceptors (Lipinski definition) is 3. The Kier molecular flexibility index (Phi) is 4.42. The summed E-state index contributed by atoms with van der Waals surface area (Å²) in [5, 5.41) is 9.46. The van der Waals surface area contributed by atoms with E-state index in [1.54, 1.807) is 26.8 Å². The number of aliphatic hydroxyl groups is 1. The Labute approximate surface area is 78.7 Å². The molecular formula is C10H16O3. The van der Waals surface area contributed by atoms with Crippen LogP contribution in [0.1, 0.15) is 27.2 Å². The van der Waals surface area contributed by atoms with Gasteiger partial charge in [0.05, 0.1) is 11.9 Å². The maximum absolute atomic E-state index is 11.2. The quantitative estimate of drug-likeness (QED) is 0.411. The molecule has 0 aromatic heterocycles. The predicted octanol–water partition coefficient (Wildman–Crippen LogP) is 1.78. The van der Waals surface area contributed by atoms with E-state index < -0.39 is 11.6 Å². The molecule has 1 N–H and O–H groups in total. The van der Waals surface area contributed by atoms with Gasteiger partial charge in [-0.3, -0.25) is 0 Å². The lowest BCUT2D eigenvalue weighted by Gasteiger charge is -2.17. The van der Waals surface area contributed by atoms with Crippen molar-refractivity contribution in [1.82, 2.24) is 0 Å². The first-order valence-electron chi connectivity index (χ1n) is 4.10. The summed E-state index contributed by atoms with van der Waals surface area (Å²) in [6.07, 6.45) is 2.98. The van der Waals surface area contributed by atoms with E-state index in [4.69, 9.17) is 0 Å². The average molecular weight is 184 g/mol. The highest BCUT2D eigenvalue weighted by Crippen LogP contribution is 2.16. The van der Waals surface area contributed by atoms with E-state index in [0.29, 0.717) is 5.57 Å². The minimum Gasteiger partial charge on any atom is -0.432 e. The van der Waals surface area contributed by atoms with Crippen LogP contribution < -0.4 is 0 Å². The van der Waals surface area contributed by atoms with E-state index in [2.05, 4.69) is 11.3 Å². The second-order valence-corrected chi connectivity index (χ2v) is 3.38. The number of rotatable bonds is 4. The van der Waals surface area contributed by atoms with Gasteiger partial charge in [-0.25, -0.2) is 4.79 Å². The molecule has 3 nitrogen and oxygen atoms in total. The van der Waals surface area contributed by atoms with Crippen LogP contribution >= 0.6 is 0 Å². The molecule has 0 amide bonds. The number of hydrogen-bond donors (Lipinski definition) is 1. The molecule has 0 aliphatic rings. The van der Waals surface area contributed by atoms with Crippen molar-refractivity contribution in [3.63, 3.8) is 0 Å². The molecule has 0 rings (SSSR count). The van der Waals surface area contributed by atoms with Crippen molar-refractivity contribution < 1.29 is 14.6 Å². The standard InChI is InChI=1S/C10H16O3/c1-5-8(7-10(3,4)12)9(11)13-6-2/h5-6,12H,2,7H2,1,3-4H3/b8-5+. The highest BCUT2D eigenvalue weighted by atomic mass is 16.5. The maximum Gasteiger partial charge on any atom is 0.338 e. The number of carbonyl (C=O) groups is 1. The van der Waals surface area contributed by atoms with Gasteiger partial charge in [0.25, 0.3) is 0 Å². The summed E-state index contributed by atoms with van der Waals surface area (Å²) in [7, 11) is 0. The smallest absolute Gasteiger partial charge is 0.338 e. The third-order valence-corrected chi connectivity index (χ3v) is 1.42. The Bertz CT molecular complexity index is 221. The molecule has 0 aliphatic carbocycles. The van der Waals surface area contributed by atoms with E-state index in [1.165, 1.54) is 0 Å². The molecule has 74 valence electrons. The Morgan fingerprint density at radius 3 is 2.46 bits per heavy atom. The molecule has 0 aromatic carbocycles. The minimum atomic E-state index is -0.901. The van der Waals surface area contributed by atoms with Gasteiger partial charge in [0.1, 0.15) is 0 Å². The summed E-state index contributed by atoms with van der Waals surface area (Å²) in [5.41, 5.74) is -0.449. The molecule has 0 spiro atoms. The molecule has 0 aliphatic heterocycles. The van der Waals surface area contributed by atoms with E-state index in [0.717, 1.165) is 6.26 Å². The number of carbonyl (C=O) groups excluding carboxylic acids is 1. The van der Waals surface area contributed by atoms with Gasteiger partial charge in [0.15, 0.2) is 0 Å². The fraction of sp³-hybridized carbons (Fsp3) is 0.500. The Morgan fingerprint density at radius 2 is 2.15 bits per heavy atom. The summed E-state index contributed by atoms with van der Waals surface area (Å²) in [6, 6.07) is 0. The third kappa shape index (κ3) is 5.20. The molecule has 0 aromatic rings. The van der Waals surface area contributed by atoms with Gasteiger partial charge in [-0.05, 0) is 20.8 Å². The van der Waals surface area contributed by atoms with Gasteiger partial charge in [-0.2, -0.15) is 0 Å². The number of ether oxygens (including phenoxy) is 1. The van der Waals surface area contributed by atoms with Crippen LogP contribution in [0, 0.1) is 0 Å². The molecule has 0 atom stereocenters. The second-order valence-electron chi connectivity index (χ2n) is 3.38. The van der Waals surface area contributed by atoms with Crippen LogP contribution in [0.25, 0.3) is 0 Å². The molecular weight excluding hydrogens is 168 g/mol. The molecule has 3 heteroatoms. The summed E-state index contributed by atoms with van der Waals surface area (Å²) in [5.74, 6) is -0.459. The highest BCUT2D eigenvalue weighted by molar-refractivity contribution is 5.88. The third-order valence-electron chi connectivity index (χ3n) is 1.42. The summed E-state index contributed by atoms with van der Waals surface area (Å²) in [6.45, 7) is 8.28. The average Bonchev–Trinajstić information content (AvgIpc) is 1.99. The van der Waals surface area contributed by atoms with Gasteiger partial charge in [0.2, 0.25) is 0 Å². The van der Waals surface area contributed by atoms with Gasteiger partial charge in [-0.15, -0.1) is 0 Å². The summed E-state index contributed by atoms with van der Waals surface area (Å²) >= 11 is 0. The Morgan fingerprint density at radius 1 is 1.62 bits per heavy atom. The topological polar surface area (TPSA) is 46.5 Å². The second kappa shape index (κ2) is 4.82. The van der Waals surface area contributed by atoms with E-state index in [9.17, 15) is 9.90 Å². The molecule has 0 radical (unpaired) electrons. The van der Waals surface area contributed by atoms with Crippen LogP contribution in [0.2, 0.25) is 0 Å². The normalized spacial score (nSPS) is 12.5. The molecule has 0 bridgehead atoms. The van der Waals surface area contributed by atoms with Crippen molar-refractivity contribution >= 4 is 5.97 Å². The SMILES string of the molecule is C=COC(=O)/C(=C/C)CC(C)(C)O. The van der Waals surface area contributed by atoms with Gasteiger partial charge in [-0.1, -0.05) is 12.7 Å². The van der Waals surface area contributed by atoms with Gasteiger partial charge >= 0.3 is 5.97 Å². The van der Waals surface area contributed by atoms with Crippen LogP contribution in [0.5, 0.6) is 0 Å². The lowest BCUT2D eigenvalue weighted by atomic mass is 9.99. The molecule has 0 fully saturated rings. The van der Waals surface area contributed by atoms with Crippen molar-refractivity contribution in [2.75, 3.05) is 0 Å². The van der Waals surface area contributed by atoms with Crippen LogP contribution in [0.15, 0.2) is 24.5 Å². The number of esters is 1. The lowest BCUT2D eigenvalue weighted by Crippen LogP contribution is -2.22. The lowest BCUT2D eigenvalue weighted by molar-refractivity contribution is -0.134. The van der Waals surface area contributed by atoms with Crippen LogP contribution in [0.3, 0.4) is 0 Å².